The van der Waals surface area contributed by atoms with Crippen LogP contribution in [0.2, 0.25) is 0 Å². The minimum atomic E-state index is 1.03. The van der Waals surface area contributed by atoms with E-state index in [1.54, 1.807) is 6.21 Å². The van der Waals surface area contributed by atoms with Crippen molar-refractivity contribution in [1.82, 2.24) is 0 Å². The van der Waals surface area contributed by atoms with Gasteiger partial charge in [0.15, 0.2) is 0 Å². The van der Waals surface area contributed by atoms with Crippen LogP contribution >= 0.6 is 0 Å². The number of hydrogen-bond acceptors (Lipinski definition) is 1. The summed E-state index contributed by atoms with van der Waals surface area (Å²) in [6.07, 6.45) is 3.59. The smallest absolute Gasteiger partial charge is 0.0397 e. The second-order valence-corrected chi connectivity index (χ2v) is 1.86. The summed E-state index contributed by atoms with van der Waals surface area (Å²) in [6.45, 7) is 9.50. The van der Waals surface area contributed by atoms with Crippen LogP contribution in [0.5, 0.6) is 0 Å². The third-order valence-corrected chi connectivity index (χ3v) is 1.20. The van der Waals surface area contributed by atoms with E-state index in [0.717, 1.165) is 11.3 Å². The summed E-state index contributed by atoms with van der Waals surface area (Å²) in [6, 6.07) is 0. The van der Waals surface area contributed by atoms with Crippen molar-refractivity contribution in [1.29, 1.82) is 0 Å². The van der Waals surface area contributed by atoms with Crippen LogP contribution in [0.15, 0.2) is 28.9 Å². The molecule has 0 saturated carbocycles. The third-order valence-electron chi connectivity index (χ3n) is 1.20. The van der Waals surface area contributed by atoms with Gasteiger partial charge in [0.25, 0.3) is 0 Å². The van der Waals surface area contributed by atoms with Gasteiger partial charge in [-0.2, -0.15) is 0 Å². The van der Waals surface area contributed by atoms with Crippen molar-refractivity contribution in [2.45, 2.75) is 20.8 Å². The van der Waals surface area contributed by atoms with Crippen LogP contribution in [-0.4, -0.2) is 6.21 Å². The van der Waals surface area contributed by atoms with Gasteiger partial charge in [-0.15, -0.1) is 0 Å². The maximum absolute atomic E-state index is 4.08. The molecule has 9 heavy (non-hydrogen) atoms. The van der Waals surface area contributed by atoms with Gasteiger partial charge in [-0.1, -0.05) is 12.7 Å². The third kappa shape index (κ3) is 2.85. The lowest BCUT2D eigenvalue weighted by Gasteiger charge is -1.93. The van der Waals surface area contributed by atoms with Crippen LogP contribution in [0.1, 0.15) is 20.8 Å². The van der Waals surface area contributed by atoms with Crippen molar-refractivity contribution < 1.29 is 0 Å². The Bertz CT molecular complexity index is 152. The molecule has 0 aliphatic heterocycles. The van der Waals surface area contributed by atoms with Gasteiger partial charge in [0.1, 0.15) is 0 Å². The molecule has 50 valence electrons. The first-order chi connectivity index (χ1) is 4.22. The molecule has 0 atom stereocenters. The molecule has 0 heterocycles. The predicted molar refractivity (Wildman–Crippen MR) is 42.7 cm³/mol. The SMILES string of the molecule is C=C/C(C)=C(/C)N=CC. The number of aliphatic imine (C=N–C) groups is 1. The lowest BCUT2D eigenvalue weighted by atomic mass is 10.2. The molecule has 0 aliphatic rings. The lowest BCUT2D eigenvalue weighted by Crippen LogP contribution is -1.75. The first kappa shape index (κ1) is 8.15. The normalized spacial score (nSPS) is 13.7. The Hall–Kier alpha value is -0.850. The monoisotopic (exact) mass is 123 g/mol. The second-order valence-electron chi connectivity index (χ2n) is 1.86. The van der Waals surface area contributed by atoms with Crippen LogP contribution in [0.3, 0.4) is 0 Å². The van der Waals surface area contributed by atoms with Crippen LogP contribution in [-0.2, 0) is 0 Å². The van der Waals surface area contributed by atoms with E-state index < -0.39 is 0 Å². The summed E-state index contributed by atoms with van der Waals surface area (Å²) in [5, 5.41) is 0. The summed E-state index contributed by atoms with van der Waals surface area (Å²) in [5.74, 6) is 0. The maximum atomic E-state index is 4.08. The number of nitrogens with zero attached hydrogens (tertiary/aromatic N) is 1. The number of rotatable bonds is 2. The van der Waals surface area contributed by atoms with Gasteiger partial charge in [-0.25, -0.2) is 0 Å². The highest BCUT2D eigenvalue weighted by molar-refractivity contribution is 5.55. The summed E-state index contributed by atoms with van der Waals surface area (Å²) in [4.78, 5) is 4.08. The Morgan fingerprint density at radius 2 is 2.00 bits per heavy atom. The number of hydrogen-bond donors (Lipinski definition) is 0. The average Bonchev–Trinajstić information content (AvgIpc) is 1.87. The van der Waals surface area contributed by atoms with Crippen LogP contribution < -0.4 is 0 Å². The fourth-order valence-corrected chi connectivity index (χ4v) is 0.443. The van der Waals surface area contributed by atoms with Crippen molar-refractivity contribution in [3.05, 3.63) is 23.9 Å². The summed E-state index contributed by atoms with van der Waals surface area (Å²) in [7, 11) is 0. The van der Waals surface area contributed by atoms with Crippen molar-refractivity contribution in [2.75, 3.05) is 0 Å². The molecule has 0 saturated heterocycles. The zero-order valence-corrected chi connectivity index (χ0v) is 6.31. The molecule has 0 radical (unpaired) electrons. The van der Waals surface area contributed by atoms with Gasteiger partial charge in [-0.05, 0) is 26.3 Å². The topological polar surface area (TPSA) is 12.4 Å². The largest absolute Gasteiger partial charge is 0.266 e. The second kappa shape index (κ2) is 4.07. The molecule has 0 aliphatic carbocycles. The summed E-state index contributed by atoms with van der Waals surface area (Å²) >= 11 is 0. The highest BCUT2D eigenvalue weighted by atomic mass is 14.7. The maximum Gasteiger partial charge on any atom is 0.0397 e. The van der Waals surface area contributed by atoms with Crippen molar-refractivity contribution in [2.24, 2.45) is 4.99 Å². The Balaban J connectivity index is 4.27. The molecular formula is C8H13N. The molecular weight excluding hydrogens is 110 g/mol. The van der Waals surface area contributed by atoms with Crippen molar-refractivity contribution in [3.8, 4) is 0 Å². The Labute approximate surface area is 56.8 Å². The van der Waals surface area contributed by atoms with Crippen LogP contribution in [0.4, 0.5) is 0 Å². The van der Waals surface area contributed by atoms with Crippen molar-refractivity contribution >= 4 is 6.21 Å². The number of allylic oxidation sites excluding steroid dienone is 3. The minimum absolute atomic E-state index is 1.03. The average molecular weight is 123 g/mol. The Kier molecular flexibility index (Phi) is 3.69. The van der Waals surface area contributed by atoms with E-state index in [4.69, 9.17) is 0 Å². The molecule has 0 N–H and O–H groups in total. The van der Waals surface area contributed by atoms with E-state index >= 15 is 0 Å². The minimum Gasteiger partial charge on any atom is -0.266 e. The van der Waals surface area contributed by atoms with E-state index in [0.29, 0.717) is 0 Å². The standard InChI is InChI=1S/C8H13N/c1-5-7(3)8(4)9-6-2/h5-6H,1H2,2-4H3/b8-7-,9-6?. The van der Waals surface area contributed by atoms with E-state index in [9.17, 15) is 0 Å². The highest BCUT2D eigenvalue weighted by Gasteiger charge is 1.84. The van der Waals surface area contributed by atoms with Gasteiger partial charge in [0.05, 0.1) is 0 Å². The van der Waals surface area contributed by atoms with Gasteiger partial charge >= 0.3 is 0 Å². The fraction of sp³-hybridized carbons (Fsp3) is 0.375. The molecule has 0 rings (SSSR count). The van der Waals surface area contributed by atoms with Gasteiger partial charge in [-0.3, -0.25) is 4.99 Å². The first-order valence-electron chi connectivity index (χ1n) is 3.01. The first-order valence-corrected chi connectivity index (χ1v) is 3.01. The zero-order chi connectivity index (χ0) is 7.28. The van der Waals surface area contributed by atoms with Crippen LogP contribution in [0.25, 0.3) is 0 Å². The quantitative estimate of drug-likeness (QED) is 0.395. The molecule has 0 aromatic carbocycles. The van der Waals surface area contributed by atoms with E-state index in [2.05, 4.69) is 11.6 Å². The molecule has 0 amide bonds. The molecule has 0 fully saturated rings. The molecule has 0 aromatic heterocycles. The van der Waals surface area contributed by atoms with E-state index in [-0.39, 0.29) is 0 Å². The van der Waals surface area contributed by atoms with E-state index in [1.807, 2.05) is 26.8 Å². The lowest BCUT2D eigenvalue weighted by molar-refractivity contribution is 1.24. The molecule has 0 aromatic rings. The molecule has 0 bridgehead atoms. The summed E-state index contributed by atoms with van der Waals surface area (Å²) < 4.78 is 0. The molecule has 0 spiro atoms. The molecule has 1 heteroatoms. The zero-order valence-electron chi connectivity index (χ0n) is 6.31. The van der Waals surface area contributed by atoms with Gasteiger partial charge in [0, 0.05) is 11.9 Å². The van der Waals surface area contributed by atoms with Gasteiger partial charge < -0.3 is 0 Å². The van der Waals surface area contributed by atoms with Crippen LogP contribution in [0, 0.1) is 0 Å². The predicted octanol–water partition coefficient (Wildman–Crippen LogP) is 2.56. The highest BCUT2D eigenvalue weighted by Crippen LogP contribution is 2.03. The fourth-order valence-electron chi connectivity index (χ4n) is 0.443. The molecule has 0 unspecified atom stereocenters. The molecule has 1 nitrogen and oxygen atoms in total. The van der Waals surface area contributed by atoms with Gasteiger partial charge in [0.2, 0.25) is 0 Å². The summed E-state index contributed by atoms with van der Waals surface area (Å²) in [5.41, 5.74) is 2.17. The van der Waals surface area contributed by atoms with Crippen molar-refractivity contribution in [3.63, 3.8) is 0 Å². The Morgan fingerprint density at radius 3 is 2.33 bits per heavy atom. The Morgan fingerprint density at radius 1 is 1.44 bits per heavy atom. The van der Waals surface area contributed by atoms with E-state index in [1.165, 1.54) is 0 Å².